The number of aryl methyl sites for hydroxylation is 2. The van der Waals surface area contributed by atoms with Gasteiger partial charge >= 0.3 is 0 Å². The van der Waals surface area contributed by atoms with Crippen LogP contribution in [0.2, 0.25) is 0 Å². The minimum absolute atomic E-state index is 0.555. The summed E-state index contributed by atoms with van der Waals surface area (Å²) >= 11 is 0. The third-order valence-electron chi connectivity index (χ3n) is 3.39. The molecule has 0 bridgehead atoms. The second-order valence-corrected chi connectivity index (χ2v) is 4.65. The number of rotatable bonds is 3. The molecular formula is C15H16N2O2. The largest absolute Gasteiger partial charge is 0.458 e. The minimum atomic E-state index is -0.783. The van der Waals surface area contributed by atoms with Crippen LogP contribution in [0.5, 0.6) is 0 Å². The third-order valence-corrected chi connectivity index (χ3v) is 3.39. The first-order valence-corrected chi connectivity index (χ1v) is 6.38. The summed E-state index contributed by atoms with van der Waals surface area (Å²) in [6, 6.07) is 7.86. The van der Waals surface area contributed by atoms with E-state index in [1.807, 2.05) is 42.7 Å². The Balaban J connectivity index is 2.07. The first-order chi connectivity index (χ1) is 9.20. The van der Waals surface area contributed by atoms with Gasteiger partial charge in [-0.25, -0.2) is 4.98 Å². The number of aromatic nitrogens is 2. The lowest BCUT2D eigenvalue weighted by Gasteiger charge is -2.09. The van der Waals surface area contributed by atoms with E-state index in [1.165, 1.54) is 0 Å². The maximum atomic E-state index is 10.4. The fourth-order valence-electron chi connectivity index (χ4n) is 2.33. The number of fused-ring (bicyclic) bond motifs is 1. The van der Waals surface area contributed by atoms with Gasteiger partial charge < -0.3 is 14.1 Å². The standard InChI is InChI=1S/C15H16N2O2/c1-3-17-9-16-8-12(17)14(18)13-7-11-6-4-5-10(2)15(11)19-13/h4-9,14,18H,3H2,1-2H3. The van der Waals surface area contributed by atoms with E-state index in [0.29, 0.717) is 5.76 Å². The molecule has 1 atom stereocenters. The number of nitrogens with zero attached hydrogens (tertiary/aromatic N) is 2. The zero-order valence-electron chi connectivity index (χ0n) is 11.0. The third kappa shape index (κ3) is 1.94. The molecular weight excluding hydrogens is 240 g/mol. The summed E-state index contributed by atoms with van der Waals surface area (Å²) in [4.78, 5) is 4.07. The molecule has 4 heteroatoms. The topological polar surface area (TPSA) is 51.2 Å². The number of aliphatic hydroxyl groups is 1. The van der Waals surface area contributed by atoms with Gasteiger partial charge in [0.25, 0.3) is 0 Å². The van der Waals surface area contributed by atoms with E-state index in [1.54, 1.807) is 12.5 Å². The van der Waals surface area contributed by atoms with Gasteiger partial charge in [0.2, 0.25) is 0 Å². The van der Waals surface area contributed by atoms with Crippen LogP contribution in [-0.2, 0) is 6.54 Å². The summed E-state index contributed by atoms with van der Waals surface area (Å²) in [5, 5.41) is 11.4. The predicted molar refractivity (Wildman–Crippen MR) is 72.9 cm³/mol. The molecule has 0 fully saturated rings. The van der Waals surface area contributed by atoms with Gasteiger partial charge in [-0.3, -0.25) is 0 Å². The van der Waals surface area contributed by atoms with Crippen LogP contribution in [0.1, 0.15) is 30.0 Å². The summed E-state index contributed by atoms with van der Waals surface area (Å²) in [5.74, 6) is 0.555. The SMILES string of the molecule is CCn1cncc1C(O)c1cc2cccc(C)c2o1. The molecule has 0 aliphatic heterocycles. The Bertz CT molecular complexity index is 712. The van der Waals surface area contributed by atoms with Gasteiger partial charge in [0.15, 0.2) is 6.10 Å². The average Bonchev–Trinajstić information content (AvgIpc) is 3.04. The Morgan fingerprint density at radius 2 is 2.26 bits per heavy atom. The van der Waals surface area contributed by atoms with Crippen LogP contribution < -0.4 is 0 Å². The first kappa shape index (κ1) is 12.0. The quantitative estimate of drug-likeness (QED) is 0.783. The molecule has 3 aromatic rings. The van der Waals surface area contributed by atoms with Crippen LogP contribution >= 0.6 is 0 Å². The zero-order chi connectivity index (χ0) is 13.4. The molecule has 4 nitrogen and oxygen atoms in total. The van der Waals surface area contributed by atoms with Crippen molar-refractivity contribution >= 4 is 11.0 Å². The summed E-state index contributed by atoms with van der Waals surface area (Å²) in [7, 11) is 0. The Hall–Kier alpha value is -2.07. The van der Waals surface area contributed by atoms with Gasteiger partial charge in [-0.2, -0.15) is 0 Å². The Morgan fingerprint density at radius 1 is 1.42 bits per heavy atom. The van der Waals surface area contributed by atoms with Crippen LogP contribution in [0, 0.1) is 6.92 Å². The van der Waals surface area contributed by atoms with Gasteiger partial charge in [0, 0.05) is 11.9 Å². The Kier molecular flexibility index (Phi) is 2.87. The molecule has 19 heavy (non-hydrogen) atoms. The monoisotopic (exact) mass is 256 g/mol. The van der Waals surface area contributed by atoms with E-state index in [0.717, 1.165) is 28.8 Å². The Morgan fingerprint density at radius 3 is 3.00 bits per heavy atom. The summed E-state index contributed by atoms with van der Waals surface area (Å²) < 4.78 is 7.70. The lowest BCUT2D eigenvalue weighted by atomic mass is 10.1. The number of hydrogen-bond acceptors (Lipinski definition) is 3. The molecule has 2 aromatic heterocycles. The molecule has 0 radical (unpaired) electrons. The van der Waals surface area contributed by atoms with Crippen LogP contribution in [-0.4, -0.2) is 14.7 Å². The van der Waals surface area contributed by atoms with Gasteiger partial charge in [-0.05, 0) is 25.5 Å². The molecule has 0 spiro atoms. The maximum absolute atomic E-state index is 10.4. The van der Waals surface area contributed by atoms with Crippen molar-refractivity contribution in [2.24, 2.45) is 0 Å². The second-order valence-electron chi connectivity index (χ2n) is 4.65. The summed E-state index contributed by atoms with van der Waals surface area (Å²) in [5.41, 5.74) is 2.65. The zero-order valence-corrected chi connectivity index (χ0v) is 11.0. The highest BCUT2D eigenvalue weighted by Crippen LogP contribution is 2.29. The normalized spacial score (nSPS) is 13.0. The van der Waals surface area contributed by atoms with E-state index in [4.69, 9.17) is 4.42 Å². The number of para-hydroxylation sites is 1. The molecule has 98 valence electrons. The highest BCUT2D eigenvalue weighted by atomic mass is 16.4. The van der Waals surface area contributed by atoms with Crippen molar-refractivity contribution in [2.45, 2.75) is 26.5 Å². The van der Waals surface area contributed by atoms with Crippen molar-refractivity contribution in [2.75, 3.05) is 0 Å². The second kappa shape index (κ2) is 4.55. The minimum Gasteiger partial charge on any atom is -0.458 e. The molecule has 1 N–H and O–H groups in total. The number of imidazole rings is 1. The van der Waals surface area contributed by atoms with E-state index in [9.17, 15) is 5.11 Å². The highest BCUT2D eigenvalue weighted by molar-refractivity contribution is 5.81. The molecule has 1 aromatic carbocycles. The van der Waals surface area contributed by atoms with Gasteiger partial charge in [-0.1, -0.05) is 18.2 Å². The first-order valence-electron chi connectivity index (χ1n) is 6.38. The van der Waals surface area contributed by atoms with Gasteiger partial charge in [0.05, 0.1) is 18.2 Å². The molecule has 0 aliphatic rings. The van der Waals surface area contributed by atoms with E-state index in [-0.39, 0.29) is 0 Å². The van der Waals surface area contributed by atoms with Crippen molar-refractivity contribution in [1.82, 2.24) is 9.55 Å². The number of hydrogen-bond donors (Lipinski definition) is 1. The molecule has 0 saturated heterocycles. The highest BCUT2D eigenvalue weighted by Gasteiger charge is 2.19. The van der Waals surface area contributed by atoms with E-state index >= 15 is 0 Å². The number of benzene rings is 1. The van der Waals surface area contributed by atoms with Crippen molar-refractivity contribution < 1.29 is 9.52 Å². The fourth-order valence-corrected chi connectivity index (χ4v) is 2.33. The van der Waals surface area contributed by atoms with Crippen molar-refractivity contribution in [1.29, 1.82) is 0 Å². The fraction of sp³-hybridized carbons (Fsp3) is 0.267. The molecule has 3 rings (SSSR count). The van der Waals surface area contributed by atoms with Gasteiger partial charge in [-0.15, -0.1) is 0 Å². The molecule has 2 heterocycles. The maximum Gasteiger partial charge on any atom is 0.153 e. The van der Waals surface area contributed by atoms with Crippen molar-refractivity contribution in [3.05, 3.63) is 53.8 Å². The summed E-state index contributed by atoms with van der Waals surface area (Å²) in [6.07, 6.45) is 2.61. The van der Waals surface area contributed by atoms with Gasteiger partial charge in [0.1, 0.15) is 11.3 Å². The van der Waals surface area contributed by atoms with E-state index in [2.05, 4.69) is 4.98 Å². The molecule has 0 saturated carbocycles. The predicted octanol–water partition coefficient (Wildman–Crippen LogP) is 3.04. The molecule has 1 unspecified atom stereocenters. The Labute approximate surface area is 111 Å². The van der Waals surface area contributed by atoms with Crippen LogP contribution in [0.25, 0.3) is 11.0 Å². The van der Waals surface area contributed by atoms with Crippen LogP contribution in [0.3, 0.4) is 0 Å². The lowest BCUT2D eigenvalue weighted by molar-refractivity contribution is 0.183. The van der Waals surface area contributed by atoms with Crippen LogP contribution in [0.15, 0.2) is 41.2 Å². The number of aliphatic hydroxyl groups excluding tert-OH is 1. The summed E-state index contributed by atoms with van der Waals surface area (Å²) in [6.45, 7) is 4.78. The number of furan rings is 1. The smallest absolute Gasteiger partial charge is 0.153 e. The van der Waals surface area contributed by atoms with Crippen LogP contribution in [0.4, 0.5) is 0 Å². The lowest BCUT2D eigenvalue weighted by Crippen LogP contribution is -2.06. The average molecular weight is 256 g/mol. The van der Waals surface area contributed by atoms with Crippen molar-refractivity contribution in [3.8, 4) is 0 Å². The molecule has 0 amide bonds. The van der Waals surface area contributed by atoms with E-state index < -0.39 is 6.10 Å². The van der Waals surface area contributed by atoms with Crippen molar-refractivity contribution in [3.63, 3.8) is 0 Å². The molecule has 0 aliphatic carbocycles.